The van der Waals surface area contributed by atoms with Gasteiger partial charge in [-0.25, -0.2) is 4.79 Å². The predicted molar refractivity (Wildman–Crippen MR) is 146 cm³/mol. The van der Waals surface area contributed by atoms with Gasteiger partial charge in [0, 0.05) is 13.1 Å². The van der Waals surface area contributed by atoms with Crippen LogP contribution in [0.25, 0.3) is 11.0 Å². The summed E-state index contributed by atoms with van der Waals surface area (Å²) in [5.41, 5.74) is 2.36. The Bertz CT molecular complexity index is 1560. The SMILES string of the molecule is CCCOC(=O)c1ccc(Oc2c(C)oc3c4c(ccc3c2=O)OCN(Cc2ccc(Cl)c(Cl)c2)C4)cc1. The first-order valence-corrected chi connectivity index (χ1v) is 12.9. The summed E-state index contributed by atoms with van der Waals surface area (Å²) in [4.78, 5) is 27.6. The summed E-state index contributed by atoms with van der Waals surface area (Å²) in [7, 11) is 0. The Morgan fingerprint density at radius 3 is 2.58 bits per heavy atom. The Hall–Kier alpha value is -3.52. The van der Waals surface area contributed by atoms with Gasteiger partial charge in [0.2, 0.25) is 11.2 Å². The molecular weight excluding hydrogens is 529 g/mol. The van der Waals surface area contributed by atoms with Crippen LogP contribution in [0.3, 0.4) is 0 Å². The van der Waals surface area contributed by atoms with Gasteiger partial charge in [0.25, 0.3) is 0 Å². The van der Waals surface area contributed by atoms with E-state index in [0.717, 1.165) is 17.5 Å². The highest BCUT2D eigenvalue weighted by Gasteiger charge is 2.24. The number of aryl methyl sites for hydroxylation is 1. The Labute approximate surface area is 229 Å². The Balaban J connectivity index is 1.40. The van der Waals surface area contributed by atoms with Crippen molar-refractivity contribution in [1.29, 1.82) is 0 Å². The molecular formula is C29H25Cl2NO6. The molecule has 0 bridgehead atoms. The molecule has 0 radical (unpaired) electrons. The van der Waals surface area contributed by atoms with E-state index in [-0.39, 0.29) is 11.2 Å². The van der Waals surface area contributed by atoms with Crippen molar-refractivity contribution in [3.63, 3.8) is 0 Å². The molecule has 1 aromatic heterocycles. The normalized spacial score (nSPS) is 13.2. The summed E-state index contributed by atoms with van der Waals surface area (Å²) in [6.07, 6.45) is 0.745. The van der Waals surface area contributed by atoms with E-state index in [2.05, 4.69) is 4.90 Å². The Kier molecular flexibility index (Phi) is 7.61. The number of carbonyl (C=O) groups is 1. The molecule has 0 fully saturated rings. The first kappa shape index (κ1) is 26.1. The molecule has 0 saturated carbocycles. The van der Waals surface area contributed by atoms with Crippen molar-refractivity contribution in [1.82, 2.24) is 4.90 Å². The van der Waals surface area contributed by atoms with Gasteiger partial charge in [0.1, 0.15) is 29.6 Å². The number of fused-ring (bicyclic) bond motifs is 3. The Morgan fingerprint density at radius 1 is 1.05 bits per heavy atom. The molecule has 2 heterocycles. The van der Waals surface area contributed by atoms with Gasteiger partial charge in [-0.1, -0.05) is 36.2 Å². The highest BCUT2D eigenvalue weighted by Crippen LogP contribution is 2.35. The van der Waals surface area contributed by atoms with Gasteiger partial charge in [0.05, 0.1) is 33.2 Å². The van der Waals surface area contributed by atoms with Crippen LogP contribution in [0.2, 0.25) is 10.0 Å². The molecule has 5 rings (SSSR count). The second-order valence-corrected chi connectivity index (χ2v) is 9.82. The molecule has 4 aromatic rings. The molecule has 0 amide bonds. The minimum atomic E-state index is -0.403. The van der Waals surface area contributed by atoms with Crippen molar-refractivity contribution in [2.24, 2.45) is 0 Å². The lowest BCUT2D eigenvalue weighted by Crippen LogP contribution is -2.31. The number of hydrogen-bond acceptors (Lipinski definition) is 7. The van der Waals surface area contributed by atoms with Gasteiger partial charge >= 0.3 is 5.97 Å². The maximum atomic E-state index is 13.4. The van der Waals surface area contributed by atoms with Crippen LogP contribution in [-0.2, 0) is 17.8 Å². The molecule has 1 aliphatic rings. The fraction of sp³-hybridized carbons (Fsp3) is 0.241. The van der Waals surface area contributed by atoms with Crippen molar-refractivity contribution in [3.8, 4) is 17.2 Å². The Morgan fingerprint density at radius 2 is 1.84 bits per heavy atom. The second-order valence-electron chi connectivity index (χ2n) is 9.01. The molecule has 38 heavy (non-hydrogen) atoms. The van der Waals surface area contributed by atoms with Crippen molar-refractivity contribution < 1.29 is 23.4 Å². The molecule has 0 saturated heterocycles. The van der Waals surface area contributed by atoms with Crippen LogP contribution in [0.15, 0.2) is 63.8 Å². The molecule has 196 valence electrons. The summed E-state index contributed by atoms with van der Waals surface area (Å²) >= 11 is 12.2. The average Bonchev–Trinajstić information content (AvgIpc) is 2.92. The van der Waals surface area contributed by atoms with E-state index < -0.39 is 5.97 Å². The van der Waals surface area contributed by atoms with Crippen LogP contribution in [-0.4, -0.2) is 24.2 Å². The summed E-state index contributed by atoms with van der Waals surface area (Å²) in [5.74, 6) is 1.10. The van der Waals surface area contributed by atoms with Crippen molar-refractivity contribution in [2.45, 2.75) is 33.4 Å². The number of ether oxygens (including phenoxy) is 3. The summed E-state index contributed by atoms with van der Waals surface area (Å²) in [6.45, 7) is 5.45. The zero-order valence-electron chi connectivity index (χ0n) is 20.9. The number of nitrogens with zero attached hydrogens (tertiary/aromatic N) is 1. The summed E-state index contributed by atoms with van der Waals surface area (Å²) in [6, 6.07) is 15.4. The monoisotopic (exact) mass is 553 g/mol. The van der Waals surface area contributed by atoms with E-state index in [1.54, 1.807) is 49.4 Å². The second kappa shape index (κ2) is 11.1. The fourth-order valence-electron chi connectivity index (χ4n) is 4.27. The van der Waals surface area contributed by atoms with Gasteiger partial charge in [0.15, 0.2) is 0 Å². The van der Waals surface area contributed by atoms with Crippen LogP contribution in [0.4, 0.5) is 0 Å². The van der Waals surface area contributed by atoms with E-state index >= 15 is 0 Å². The minimum absolute atomic E-state index is 0.0862. The van der Waals surface area contributed by atoms with Crippen LogP contribution < -0.4 is 14.9 Å². The highest BCUT2D eigenvalue weighted by atomic mass is 35.5. The lowest BCUT2D eigenvalue weighted by Gasteiger charge is -2.29. The van der Waals surface area contributed by atoms with Crippen LogP contribution >= 0.6 is 23.2 Å². The van der Waals surface area contributed by atoms with Gasteiger partial charge in [-0.2, -0.15) is 0 Å². The highest BCUT2D eigenvalue weighted by molar-refractivity contribution is 6.42. The fourth-order valence-corrected chi connectivity index (χ4v) is 4.59. The number of benzene rings is 3. The third-order valence-electron chi connectivity index (χ3n) is 6.17. The van der Waals surface area contributed by atoms with Gasteiger partial charge in [-0.05, 0) is 67.4 Å². The lowest BCUT2D eigenvalue weighted by atomic mass is 10.1. The largest absolute Gasteiger partial charge is 0.478 e. The standard InChI is InChI=1S/C29H25Cl2NO6/c1-3-12-35-29(34)19-5-7-20(8-6-19)38-27-17(2)37-28-21(26(27)33)9-11-25-22(28)15-32(16-36-25)14-18-4-10-23(30)24(31)13-18/h4-11,13H,3,12,14-16H2,1-2H3. The maximum Gasteiger partial charge on any atom is 0.338 e. The minimum Gasteiger partial charge on any atom is -0.478 e. The lowest BCUT2D eigenvalue weighted by molar-refractivity contribution is 0.0505. The molecule has 0 atom stereocenters. The number of rotatable bonds is 7. The van der Waals surface area contributed by atoms with Gasteiger partial charge in [-0.3, -0.25) is 9.69 Å². The maximum absolute atomic E-state index is 13.4. The number of esters is 1. The molecule has 0 N–H and O–H groups in total. The predicted octanol–water partition coefficient (Wildman–Crippen LogP) is 7.12. The van der Waals surface area contributed by atoms with Crippen molar-refractivity contribution >= 4 is 40.1 Å². The molecule has 0 aliphatic carbocycles. The van der Waals surface area contributed by atoms with Gasteiger partial charge in [-0.15, -0.1) is 0 Å². The molecule has 0 spiro atoms. The third kappa shape index (κ3) is 5.36. The number of carbonyl (C=O) groups excluding carboxylic acids is 1. The number of hydrogen-bond donors (Lipinski definition) is 0. The topological polar surface area (TPSA) is 78.2 Å². The van der Waals surface area contributed by atoms with E-state index in [4.69, 9.17) is 41.8 Å². The zero-order chi connectivity index (χ0) is 26.8. The van der Waals surface area contributed by atoms with E-state index in [1.165, 1.54) is 0 Å². The first-order chi connectivity index (χ1) is 18.3. The van der Waals surface area contributed by atoms with E-state index in [0.29, 0.717) is 70.3 Å². The summed E-state index contributed by atoms with van der Waals surface area (Å²) in [5, 5.41) is 1.39. The van der Waals surface area contributed by atoms with Crippen molar-refractivity contribution in [3.05, 3.63) is 97.3 Å². The van der Waals surface area contributed by atoms with E-state index in [9.17, 15) is 9.59 Å². The van der Waals surface area contributed by atoms with Crippen molar-refractivity contribution in [2.75, 3.05) is 13.3 Å². The smallest absolute Gasteiger partial charge is 0.338 e. The molecule has 0 unspecified atom stereocenters. The molecule has 7 nitrogen and oxygen atoms in total. The molecule has 9 heteroatoms. The van der Waals surface area contributed by atoms with Crippen LogP contribution in [0.5, 0.6) is 17.2 Å². The van der Waals surface area contributed by atoms with Crippen LogP contribution in [0, 0.1) is 6.92 Å². The summed E-state index contributed by atoms with van der Waals surface area (Å²) < 4.78 is 23.2. The average molecular weight is 554 g/mol. The third-order valence-corrected chi connectivity index (χ3v) is 6.90. The van der Waals surface area contributed by atoms with Gasteiger partial charge < -0.3 is 18.6 Å². The molecule has 1 aliphatic heterocycles. The number of halogens is 2. The van der Waals surface area contributed by atoms with Crippen LogP contribution in [0.1, 0.15) is 40.6 Å². The van der Waals surface area contributed by atoms with E-state index in [1.807, 2.05) is 19.1 Å². The quantitative estimate of drug-likeness (QED) is 0.225. The zero-order valence-corrected chi connectivity index (χ0v) is 22.4. The first-order valence-electron chi connectivity index (χ1n) is 12.2. The molecule has 3 aromatic carbocycles.